The number of imide groups is 1. The van der Waals surface area contributed by atoms with Crippen molar-refractivity contribution in [1.82, 2.24) is 0 Å². The fourth-order valence-corrected chi connectivity index (χ4v) is 3.98. The van der Waals surface area contributed by atoms with Gasteiger partial charge in [-0.3, -0.25) is 24.6 Å². The van der Waals surface area contributed by atoms with Gasteiger partial charge in [0.2, 0.25) is 11.8 Å². The average Bonchev–Trinajstić information content (AvgIpc) is 3.00. The van der Waals surface area contributed by atoms with Gasteiger partial charge < -0.3 is 4.74 Å². The van der Waals surface area contributed by atoms with E-state index in [2.05, 4.69) is 0 Å². The van der Waals surface area contributed by atoms with Crippen molar-refractivity contribution in [2.75, 3.05) is 4.90 Å². The summed E-state index contributed by atoms with van der Waals surface area (Å²) in [6.07, 6.45) is 4.46. The molecule has 1 aliphatic carbocycles. The Labute approximate surface area is 171 Å². The molecule has 0 aromatic heterocycles. The molecule has 2 aromatic carbocycles. The number of anilines is 1. The number of carbonyl (C=O) groups is 3. The molecular formula is C22H18N2O6. The number of fused-ring (bicyclic) bond motifs is 1. The monoisotopic (exact) mass is 406 g/mol. The molecule has 4 rings (SSSR count). The number of non-ortho nitro benzene ring substituents is 1. The second-order valence-electron chi connectivity index (χ2n) is 7.36. The second-order valence-corrected chi connectivity index (χ2v) is 7.36. The molecule has 2 aliphatic rings. The highest BCUT2D eigenvalue weighted by molar-refractivity contribution is 6.22. The quantitative estimate of drug-likeness (QED) is 0.192. The molecule has 1 fully saturated rings. The van der Waals surface area contributed by atoms with Crippen molar-refractivity contribution in [3.05, 3.63) is 76.4 Å². The van der Waals surface area contributed by atoms with E-state index in [0.29, 0.717) is 12.1 Å². The molecule has 3 atom stereocenters. The summed E-state index contributed by atoms with van der Waals surface area (Å²) in [4.78, 5) is 49.3. The zero-order valence-corrected chi connectivity index (χ0v) is 16.1. The maximum atomic E-state index is 12.8. The molecule has 0 radical (unpaired) electrons. The van der Waals surface area contributed by atoms with Gasteiger partial charge in [0.25, 0.3) is 5.69 Å². The Morgan fingerprint density at radius 1 is 1.13 bits per heavy atom. The summed E-state index contributed by atoms with van der Waals surface area (Å²) in [6, 6.07) is 11.3. The summed E-state index contributed by atoms with van der Waals surface area (Å²) in [5.41, 5.74) is 0.251. The minimum Gasteiger partial charge on any atom is -0.423 e. The van der Waals surface area contributed by atoms with Crippen LogP contribution in [-0.4, -0.2) is 22.7 Å². The van der Waals surface area contributed by atoms with Gasteiger partial charge in [0.1, 0.15) is 5.75 Å². The number of nitrogens with zero attached hydrogens (tertiary/aromatic N) is 2. The van der Waals surface area contributed by atoms with E-state index >= 15 is 0 Å². The molecular weight excluding hydrogens is 388 g/mol. The first-order valence-electron chi connectivity index (χ1n) is 9.48. The van der Waals surface area contributed by atoms with Crippen molar-refractivity contribution in [1.29, 1.82) is 0 Å². The number of hydrogen-bond donors (Lipinski definition) is 0. The lowest BCUT2D eigenvalue weighted by Gasteiger charge is -2.22. The third-order valence-corrected chi connectivity index (χ3v) is 5.47. The van der Waals surface area contributed by atoms with Crippen LogP contribution in [0.25, 0.3) is 0 Å². The van der Waals surface area contributed by atoms with E-state index in [-0.39, 0.29) is 46.6 Å². The van der Waals surface area contributed by atoms with E-state index in [9.17, 15) is 24.5 Å². The predicted octanol–water partition coefficient (Wildman–Crippen LogP) is 3.52. The number of benzene rings is 2. The smallest absolute Gasteiger partial charge is 0.343 e. The van der Waals surface area contributed by atoms with E-state index in [4.69, 9.17) is 4.74 Å². The van der Waals surface area contributed by atoms with Gasteiger partial charge in [0.15, 0.2) is 0 Å². The third-order valence-electron chi connectivity index (χ3n) is 5.47. The lowest BCUT2D eigenvalue weighted by atomic mass is 9.78. The van der Waals surface area contributed by atoms with Crippen molar-refractivity contribution >= 4 is 29.2 Å². The topological polar surface area (TPSA) is 107 Å². The molecule has 1 saturated heterocycles. The van der Waals surface area contributed by atoms with E-state index in [1.807, 2.05) is 19.1 Å². The third kappa shape index (κ3) is 3.36. The van der Waals surface area contributed by atoms with Crippen LogP contribution in [-0.2, 0) is 9.59 Å². The van der Waals surface area contributed by atoms with Gasteiger partial charge in [-0.05, 0) is 42.7 Å². The van der Waals surface area contributed by atoms with Gasteiger partial charge >= 0.3 is 5.97 Å². The Balaban J connectivity index is 1.50. The SMILES string of the molecule is C[C@@H]1C=CC[C@@H]2C(=O)N(c3ccc(OC(=O)c4cccc([N+](=O)[O-])c4)cc3)C(=O)[C@H]12. The van der Waals surface area contributed by atoms with Crippen molar-refractivity contribution < 1.29 is 24.0 Å². The molecule has 30 heavy (non-hydrogen) atoms. The van der Waals surface area contributed by atoms with Gasteiger partial charge in [-0.25, -0.2) is 4.79 Å². The van der Waals surface area contributed by atoms with E-state index in [0.717, 1.165) is 6.07 Å². The van der Waals surface area contributed by atoms with Crippen molar-refractivity contribution in [2.45, 2.75) is 13.3 Å². The Morgan fingerprint density at radius 2 is 1.87 bits per heavy atom. The molecule has 2 amide bonds. The minimum absolute atomic E-state index is 0.000331. The number of rotatable bonds is 4. The van der Waals surface area contributed by atoms with Crippen LogP contribution in [0.4, 0.5) is 11.4 Å². The Morgan fingerprint density at radius 3 is 2.53 bits per heavy atom. The van der Waals surface area contributed by atoms with Crippen LogP contribution in [0, 0.1) is 27.9 Å². The Hall–Kier alpha value is -3.81. The molecule has 0 N–H and O–H groups in total. The summed E-state index contributed by atoms with van der Waals surface area (Å²) in [6.45, 7) is 1.93. The second kappa shape index (κ2) is 7.55. The van der Waals surface area contributed by atoms with Crippen LogP contribution in [0.15, 0.2) is 60.7 Å². The number of allylic oxidation sites excluding steroid dienone is 2. The molecule has 1 heterocycles. The Kier molecular flexibility index (Phi) is 4.91. The number of nitro groups is 1. The molecule has 0 bridgehead atoms. The van der Waals surface area contributed by atoms with Crippen LogP contribution in [0.1, 0.15) is 23.7 Å². The molecule has 2 aromatic rings. The zero-order chi connectivity index (χ0) is 21.4. The highest BCUT2D eigenvalue weighted by Crippen LogP contribution is 2.40. The lowest BCUT2D eigenvalue weighted by Crippen LogP contribution is -2.31. The van der Waals surface area contributed by atoms with Gasteiger partial charge in [-0.15, -0.1) is 0 Å². The highest BCUT2D eigenvalue weighted by Gasteiger charge is 2.50. The first-order chi connectivity index (χ1) is 14.4. The molecule has 0 unspecified atom stereocenters. The number of amides is 2. The Bertz CT molecular complexity index is 1080. The molecule has 0 saturated carbocycles. The molecule has 8 heteroatoms. The van der Waals surface area contributed by atoms with E-state index in [1.54, 1.807) is 12.1 Å². The summed E-state index contributed by atoms with van der Waals surface area (Å²) in [5.74, 6) is -1.68. The number of ether oxygens (including phenoxy) is 1. The van der Waals surface area contributed by atoms with E-state index < -0.39 is 10.9 Å². The number of carbonyl (C=O) groups excluding carboxylic acids is 3. The minimum atomic E-state index is -0.745. The largest absolute Gasteiger partial charge is 0.423 e. The first-order valence-corrected chi connectivity index (χ1v) is 9.48. The number of nitro benzene ring substituents is 1. The summed E-state index contributed by atoms with van der Waals surface area (Å²) < 4.78 is 5.26. The standard InChI is InChI=1S/C22H18N2O6/c1-13-4-2-7-18-19(13)21(26)23(20(18)25)15-8-10-17(11-9-15)30-22(27)14-5-3-6-16(12-14)24(28)29/h2-6,8-13,18-19H,7H2,1H3/t13-,18+,19-/m1/s1. The summed E-state index contributed by atoms with van der Waals surface area (Å²) >= 11 is 0. The zero-order valence-electron chi connectivity index (χ0n) is 16.1. The normalized spacial score (nSPS) is 22.7. The van der Waals surface area contributed by atoms with Crippen LogP contribution in [0.2, 0.25) is 0 Å². The first kappa shape index (κ1) is 19.5. The van der Waals surface area contributed by atoms with Crippen molar-refractivity contribution in [2.24, 2.45) is 17.8 Å². The van der Waals surface area contributed by atoms with Crippen LogP contribution in [0.5, 0.6) is 5.75 Å². The van der Waals surface area contributed by atoms with Crippen LogP contribution >= 0.6 is 0 Å². The average molecular weight is 406 g/mol. The molecule has 152 valence electrons. The van der Waals surface area contributed by atoms with Gasteiger partial charge in [0.05, 0.1) is 28.0 Å². The molecule has 0 spiro atoms. The van der Waals surface area contributed by atoms with Crippen molar-refractivity contribution in [3.63, 3.8) is 0 Å². The van der Waals surface area contributed by atoms with Gasteiger partial charge in [-0.2, -0.15) is 0 Å². The van der Waals surface area contributed by atoms with E-state index in [1.165, 1.54) is 35.2 Å². The maximum Gasteiger partial charge on any atom is 0.343 e. The fourth-order valence-electron chi connectivity index (χ4n) is 3.98. The lowest BCUT2D eigenvalue weighted by molar-refractivity contribution is -0.384. The molecule has 1 aliphatic heterocycles. The highest BCUT2D eigenvalue weighted by atomic mass is 16.6. The van der Waals surface area contributed by atoms with Crippen LogP contribution < -0.4 is 9.64 Å². The molecule has 8 nitrogen and oxygen atoms in total. The number of esters is 1. The van der Waals surface area contributed by atoms with Crippen LogP contribution in [0.3, 0.4) is 0 Å². The summed E-state index contributed by atoms with van der Waals surface area (Å²) in [7, 11) is 0. The predicted molar refractivity (Wildman–Crippen MR) is 107 cm³/mol. The van der Waals surface area contributed by atoms with Gasteiger partial charge in [-0.1, -0.05) is 25.1 Å². The fraction of sp³-hybridized carbons (Fsp3) is 0.227. The van der Waals surface area contributed by atoms with Gasteiger partial charge in [0, 0.05) is 12.1 Å². The maximum absolute atomic E-state index is 12.8. The van der Waals surface area contributed by atoms with Crippen molar-refractivity contribution in [3.8, 4) is 5.75 Å². The summed E-state index contributed by atoms with van der Waals surface area (Å²) in [5, 5.41) is 10.9. The number of hydrogen-bond acceptors (Lipinski definition) is 6.